The highest BCUT2D eigenvalue weighted by atomic mass is 32.2. The summed E-state index contributed by atoms with van der Waals surface area (Å²) < 4.78 is 0. The molecule has 0 bridgehead atoms. The summed E-state index contributed by atoms with van der Waals surface area (Å²) in [5.74, 6) is 0. The van der Waals surface area contributed by atoms with E-state index in [1.54, 1.807) is 0 Å². The summed E-state index contributed by atoms with van der Waals surface area (Å²) in [6.45, 7) is 0. The van der Waals surface area contributed by atoms with Gasteiger partial charge in [-0.3, -0.25) is 9.59 Å². The molecule has 0 saturated heterocycles. The summed E-state index contributed by atoms with van der Waals surface area (Å²) >= 11 is 0.666. The van der Waals surface area contributed by atoms with Gasteiger partial charge in [0.1, 0.15) is 0 Å². The van der Waals surface area contributed by atoms with E-state index in [1.165, 1.54) is 6.21 Å². The van der Waals surface area contributed by atoms with Crippen molar-refractivity contribution in [1.82, 2.24) is 0 Å². The average Bonchev–Trinajstić information content (AvgIpc) is 1.64. The molecule has 4 heteroatoms. The molecule has 1 aliphatic rings. The summed E-state index contributed by atoms with van der Waals surface area (Å²) in [5.41, 5.74) is 0. The van der Waals surface area contributed by atoms with Gasteiger partial charge in [-0.25, -0.2) is 4.99 Å². The zero-order valence-corrected chi connectivity index (χ0v) is 4.77. The van der Waals surface area contributed by atoms with Gasteiger partial charge in [0.2, 0.25) is 5.12 Å². The largest absolute Gasteiger partial charge is 0.312 e. The van der Waals surface area contributed by atoms with E-state index in [-0.39, 0.29) is 11.5 Å². The van der Waals surface area contributed by atoms with Crippen LogP contribution in [0.25, 0.3) is 0 Å². The summed E-state index contributed by atoms with van der Waals surface area (Å²) in [5, 5.41) is -0.522. The van der Waals surface area contributed by atoms with Crippen molar-refractivity contribution >= 4 is 28.3 Å². The number of amides is 1. The maximum Gasteiger partial charge on any atom is 0.312 e. The molecule has 1 amide bonds. The number of rotatable bonds is 0. The Labute approximate surface area is 50.2 Å². The summed E-state index contributed by atoms with van der Waals surface area (Å²) in [4.78, 5) is 23.9. The van der Waals surface area contributed by atoms with Gasteiger partial charge in [0.25, 0.3) is 0 Å². The van der Waals surface area contributed by atoms with Crippen molar-refractivity contribution in [3.8, 4) is 0 Å². The first kappa shape index (κ1) is 5.50. The van der Waals surface area contributed by atoms with Crippen molar-refractivity contribution < 1.29 is 9.59 Å². The monoisotopic (exact) mass is 129 g/mol. The van der Waals surface area contributed by atoms with E-state index in [0.717, 1.165) is 0 Å². The van der Waals surface area contributed by atoms with Crippen molar-refractivity contribution in [3.63, 3.8) is 0 Å². The summed E-state index contributed by atoms with van der Waals surface area (Å²) in [7, 11) is 0. The molecule has 0 unspecified atom stereocenters. The predicted octanol–water partition coefficient (Wildman–Crippen LogP) is 0.841. The van der Waals surface area contributed by atoms with Gasteiger partial charge in [0, 0.05) is 18.0 Å². The van der Waals surface area contributed by atoms with Crippen LogP contribution in [-0.2, 0) is 4.79 Å². The Morgan fingerprint density at radius 3 is 2.75 bits per heavy atom. The fourth-order valence-electron chi connectivity index (χ4n) is 0.360. The highest BCUT2D eigenvalue weighted by molar-refractivity contribution is 8.26. The quantitative estimate of drug-likeness (QED) is 0.487. The molecule has 1 rings (SSSR count). The standard InChI is InChI=1S/C4H3NO2S/c6-3-1-2-5-4(7)8-3/h2H,1H2. The van der Waals surface area contributed by atoms with Gasteiger partial charge < -0.3 is 0 Å². The first-order valence-corrected chi connectivity index (χ1v) is 2.88. The van der Waals surface area contributed by atoms with E-state index in [9.17, 15) is 9.59 Å². The Morgan fingerprint density at radius 2 is 2.38 bits per heavy atom. The lowest BCUT2D eigenvalue weighted by Crippen LogP contribution is -2.02. The molecule has 0 atom stereocenters. The molecule has 0 spiro atoms. The number of nitrogens with zero attached hydrogens (tertiary/aromatic N) is 1. The Morgan fingerprint density at radius 1 is 1.62 bits per heavy atom. The molecule has 0 fully saturated rings. The molecule has 3 nitrogen and oxygen atoms in total. The van der Waals surface area contributed by atoms with Crippen molar-refractivity contribution in [2.75, 3.05) is 0 Å². The Hall–Kier alpha value is -0.640. The third kappa shape index (κ3) is 1.16. The number of hydrogen-bond donors (Lipinski definition) is 0. The van der Waals surface area contributed by atoms with E-state index in [1.807, 2.05) is 0 Å². The zero-order valence-electron chi connectivity index (χ0n) is 3.96. The van der Waals surface area contributed by atoms with Gasteiger partial charge in [-0.1, -0.05) is 0 Å². The second kappa shape index (κ2) is 2.09. The maximum absolute atomic E-state index is 10.3. The lowest BCUT2D eigenvalue weighted by Gasteiger charge is -1.95. The van der Waals surface area contributed by atoms with E-state index < -0.39 is 5.24 Å². The van der Waals surface area contributed by atoms with Crippen LogP contribution >= 0.6 is 11.8 Å². The van der Waals surface area contributed by atoms with Crippen LogP contribution in [0.4, 0.5) is 4.79 Å². The van der Waals surface area contributed by atoms with Crippen LogP contribution in [0, 0.1) is 0 Å². The second-order valence-corrected chi connectivity index (χ2v) is 2.26. The van der Waals surface area contributed by atoms with Gasteiger partial charge in [-0.2, -0.15) is 0 Å². The van der Waals surface area contributed by atoms with Crippen molar-refractivity contribution in [2.24, 2.45) is 4.99 Å². The normalized spacial score (nSPS) is 19.5. The Balaban J connectivity index is 2.68. The molecule has 0 aliphatic carbocycles. The molecular weight excluding hydrogens is 126 g/mol. The summed E-state index contributed by atoms with van der Waals surface area (Å²) in [6.07, 6.45) is 1.62. The number of carbonyl (C=O) groups excluding carboxylic acids is 2. The molecule has 42 valence electrons. The van der Waals surface area contributed by atoms with Crippen LogP contribution in [-0.4, -0.2) is 16.6 Å². The third-order valence-electron chi connectivity index (χ3n) is 0.656. The number of hydrogen-bond acceptors (Lipinski definition) is 3. The first-order chi connectivity index (χ1) is 3.79. The van der Waals surface area contributed by atoms with E-state index in [0.29, 0.717) is 11.8 Å². The van der Waals surface area contributed by atoms with Crippen molar-refractivity contribution in [3.05, 3.63) is 0 Å². The third-order valence-corrected chi connectivity index (χ3v) is 1.33. The van der Waals surface area contributed by atoms with Crippen LogP contribution in [0.15, 0.2) is 4.99 Å². The SMILES string of the molecule is O=C1CC=NC(=O)S1. The van der Waals surface area contributed by atoms with Gasteiger partial charge in [0.15, 0.2) is 0 Å². The molecule has 8 heavy (non-hydrogen) atoms. The predicted molar refractivity (Wildman–Crippen MR) is 31.1 cm³/mol. The number of carbonyl (C=O) groups is 2. The van der Waals surface area contributed by atoms with E-state index in [4.69, 9.17) is 0 Å². The van der Waals surface area contributed by atoms with Gasteiger partial charge in [-0.15, -0.1) is 0 Å². The highest BCUT2D eigenvalue weighted by Gasteiger charge is 2.11. The first-order valence-electron chi connectivity index (χ1n) is 2.06. The van der Waals surface area contributed by atoms with Crippen LogP contribution in [0.2, 0.25) is 0 Å². The van der Waals surface area contributed by atoms with Gasteiger partial charge >= 0.3 is 5.24 Å². The number of aliphatic imine (C=N–C) groups is 1. The second-order valence-electron chi connectivity index (χ2n) is 1.26. The smallest absolute Gasteiger partial charge is 0.286 e. The number of thioether (sulfide) groups is 1. The van der Waals surface area contributed by atoms with Crippen LogP contribution in [0.1, 0.15) is 6.42 Å². The molecule has 1 heterocycles. The van der Waals surface area contributed by atoms with E-state index in [2.05, 4.69) is 4.99 Å². The fraction of sp³-hybridized carbons (Fsp3) is 0.250. The molecule has 0 aromatic heterocycles. The molecule has 0 radical (unpaired) electrons. The minimum absolute atomic E-state index is 0.120. The molecular formula is C4H3NO2S. The van der Waals surface area contributed by atoms with Crippen molar-refractivity contribution in [1.29, 1.82) is 0 Å². The lowest BCUT2D eigenvalue weighted by atomic mass is 10.5. The highest BCUT2D eigenvalue weighted by Crippen LogP contribution is 2.11. The Kier molecular flexibility index (Phi) is 1.43. The molecule has 0 aromatic rings. The van der Waals surface area contributed by atoms with E-state index >= 15 is 0 Å². The summed E-state index contributed by atoms with van der Waals surface area (Å²) in [6, 6.07) is 0. The van der Waals surface area contributed by atoms with Gasteiger partial charge in [0.05, 0.1) is 6.42 Å². The minimum atomic E-state index is -0.402. The fourth-order valence-corrected chi connectivity index (χ4v) is 0.840. The molecule has 0 aromatic carbocycles. The molecule has 0 saturated carbocycles. The van der Waals surface area contributed by atoms with Crippen LogP contribution in [0.5, 0.6) is 0 Å². The molecule has 1 aliphatic heterocycles. The topological polar surface area (TPSA) is 46.5 Å². The Bertz CT molecular complexity index is 163. The van der Waals surface area contributed by atoms with Crippen LogP contribution < -0.4 is 0 Å². The van der Waals surface area contributed by atoms with Gasteiger partial charge in [-0.05, 0) is 0 Å². The zero-order chi connectivity index (χ0) is 5.98. The minimum Gasteiger partial charge on any atom is -0.286 e. The van der Waals surface area contributed by atoms with Crippen molar-refractivity contribution in [2.45, 2.75) is 6.42 Å². The maximum atomic E-state index is 10.3. The average molecular weight is 129 g/mol. The van der Waals surface area contributed by atoms with Crippen LogP contribution in [0.3, 0.4) is 0 Å². The molecule has 0 N–H and O–H groups in total. The lowest BCUT2D eigenvalue weighted by molar-refractivity contribution is -0.109.